The van der Waals surface area contributed by atoms with Crippen LogP contribution in [0.5, 0.6) is 0 Å². The number of benzene rings is 2. The lowest BCUT2D eigenvalue weighted by atomic mass is 10.0. The van der Waals surface area contributed by atoms with Gasteiger partial charge in [-0.15, -0.1) is 0 Å². The van der Waals surface area contributed by atoms with Crippen molar-refractivity contribution in [1.29, 1.82) is 0 Å². The molecule has 0 fully saturated rings. The molecule has 0 heterocycles. The molecular weight excluding hydrogens is 345 g/mol. The van der Waals surface area contributed by atoms with Crippen LogP contribution in [-0.4, -0.2) is 18.2 Å². The first-order valence-electron chi connectivity index (χ1n) is 9.10. The van der Waals surface area contributed by atoms with Crippen molar-refractivity contribution in [2.24, 2.45) is 5.92 Å². The van der Waals surface area contributed by atoms with Gasteiger partial charge in [-0.2, -0.15) is 0 Å². The molecule has 140 valence electrons. The summed E-state index contributed by atoms with van der Waals surface area (Å²) in [6.45, 7) is 6.47. The third-order valence-electron chi connectivity index (χ3n) is 4.19. The molecule has 0 aliphatic heterocycles. The first kappa shape index (κ1) is 20.4. The van der Waals surface area contributed by atoms with Gasteiger partial charge in [0.1, 0.15) is 6.04 Å². The van der Waals surface area contributed by atoms with Crippen LogP contribution in [-0.2, 0) is 20.4 Å². The summed E-state index contributed by atoms with van der Waals surface area (Å²) in [6, 6.07) is 18.4. The van der Waals surface area contributed by atoms with Gasteiger partial charge in [0.05, 0.1) is 0 Å². The summed E-state index contributed by atoms with van der Waals surface area (Å²) in [5.74, 6) is -0.128. The molecule has 2 rings (SSSR count). The Labute approximate surface area is 156 Å². The number of hydrogen-bond acceptors (Lipinski definition) is 4. The molecule has 0 saturated heterocycles. The van der Waals surface area contributed by atoms with E-state index >= 15 is 0 Å². The van der Waals surface area contributed by atoms with Crippen LogP contribution in [0.4, 0.5) is 0 Å². The first-order valence-corrected chi connectivity index (χ1v) is 10.9. The van der Waals surface area contributed by atoms with Crippen molar-refractivity contribution in [3.63, 3.8) is 0 Å². The molecule has 1 unspecified atom stereocenters. The Hall–Kier alpha value is -1.90. The lowest BCUT2D eigenvalue weighted by Gasteiger charge is -2.23. The normalized spacial score (nSPS) is 14.6. The molecule has 2 atom stereocenters. The Bertz CT molecular complexity index is 731. The highest BCUT2D eigenvalue weighted by Gasteiger charge is 2.31. The minimum Gasteiger partial charge on any atom is -0.407 e. The van der Waals surface area contributed by atoms with Crippen LogP contribution in [0.2, 0.25) is 0 Å². The predicted molar refractivity (Wildman–Crippen MR) is 107 cm³/mol. The molecule has 2 aromatic rings. The number of hydrogen-bond donors (Lipinski definition) is 1. The Kier molecular flexibility index (Phi) is 7.62. The molecule has 0 aliphatic rings. The Morgan fingerprint density at radius 3 is 2.15 bits per heavy atom. The Balaban J connectivity index is 2.11. The average molecular weight is 373 g/mol. The summed E-state index contributed by atoms with van der Waals surface area (Å²) < 4.78 is 18.8. The summed E-state index contributed by atoms with van der Waals surface area (Å²) >= 11 is 0. The second-order valence-corrected chi connectivity index (χ2v) is 9.46. The van der Waals surface area contributed by atoms with Crippen LogP contribution in [0.15, 0.2) is 60.7 Å². The summed E-state index contributed by atoms with van der Waals surface area (Å²) in [4.78, 5) is 12.8. The van der Waals surface area contributed by atoms with Crippen LogP contribution in [0.1, 0.15) is 32.8 Å². The topological polar surface area (TPSA) is 55.4 Å². The zero-order chi connectivity index (χ0) is 19.0. The molecule has 0 aliphatic carbocycles. The summed E-state index contributed by atoms with van der Waals surface area (Å²) in [5.41, 5.74) is 1.09. The van der Waals surface area contributed by atoms with Crippen LogP contribution in [0.3, 0.4) is 0 Å². The van der Waals surface area contributed by atoms with E-state index in [1.807, 2.05) is 48.5 Å². The van der Waals surface area contributed by atoms with Crippen molar-refractivity contribution in [2.45, 2.75) is 39.8 Å². The molecule has 1 N–H and O–H groups in total. The highest BCUT2D eigenvalue weighted by Crippen LogP contribution is 2.45. The summed E-state index contributed by atoms with van der Waals surface area (Å²) in [6.07, 6.45) is 0.917. The third-order valence-corrected chi connectivity index (χ3v) is 6.58. The third kappa shape index (κ3) is 5.82. The number of carbonyl (C=O) groups is 1. The lowest BCUT2D eigenvalue weighted by molar-refractivity contribution is -0.136. The van der Waals surface area contributed by atoms with Gasteiger partial charge in [-0.05, 0) is 30.0 Å². The molecule has 26 heavy (non-hydrogen) atoms. The van der Waals surface area contributed by atoms with Crippen molar-refractivity contribution in [3.8, 4) is 0 Å². The van der Waals surface area contributed by atoms with E-state index in [0.717, 1.165) is 5.56 Å². The zero-order valence-corrected chi connectivity index (χ0v) is 16.6. The van der Waals surface area contributed by atoms with Gasteiger partial charge in [-0.25, -0.2) is 0 Å². The second-order valence-electron chi connectivity index (χ2n) is 6.78. The van der Waals surface area contributed by atoms with E-state index in [9.17, 15) is 9.36 Å². The van der Waals surface area contributed by atoms with Crippen molar-refractivity contribution in [2.75, 3.05) is 6.16 Å². The maximum absolute atomic E-state index is 13.2. The second kappa shape index (κ2) is 9.70. The number of nitrogens with one attached hydrogen (secondary N) is 1. The van der Waals surface area contributed by atoms with Gasteiger partial charge in [0.25, 0.3) is 7.37 Å². The minimum absolute atomic E-state index is 0.288. The smallest absolute Gasteiger partial charge is 0.328 e. The molecule has 2 aromatic carbocycles. The highest BCUT2D eigenvalue weighted by atomic mass is 31.2. The summed E-state index contributed by atoms with van der Waals surface area (Å²) in [5, 5.41) is 3.86. The highest BCUT2D eigenvalue weighted by molar-refractivity contribution is 7.67. The Morgan fingerprint density at radius 1 is 1.04 bits per heavy atom. The van der Waals surface area contributed by atoms with Crippen molar-refractivity contribution in [1.82, 2.24) is 5.32 Å². The van der Waals surface area contributed by atoms with E-state index in [0.29, 0.717) is 24.2 Å². The SMILES string of the molecule is CCP(=O)(OC(=O)[C@@H](CC(C)C)NCc1ccccc1)c1ccccc1. The van der Waals surface area contributed by atoms with Crippen molar-refractivity contribution < 1.29 is 13.9 Å². The zero-order valence-electron chi connectivity index (χ0n) is 15.7. The van der Waals surface area contributed by atoms with Gasteiger partial charge in [-0.1, -0.05) is 69.3 Å². The van der Waals surface area contributed by atoms with E-state index in [2.05, 4.69) is 19.2 Å². The van der Waals surface area contributed by atoms with E-state index in [-0.39, 0.29) is 6.16 Å². The van der Waals surface area contributed by atoms with E-state index < -0.39 is 19.4 Å². The van der Waals surface area contributed by atoms with Gasteiger partial charge in [0.2, 0.25) is 0 Å². The van der Waals surface area contributed by atoms with Gasteiger partial charge in [0, 0.05) is 18.0 Å². The predicted octanol–water partition coefficient (Wildman–Crippen LogP) is 4.36. The van der Waals surface area contributed by atoms with Gasteiger partial charge in [0.15, 0.2) is 0 Å². The van der Waals surface area contributed by atoms with E-state index in [1.54, 1.807) is 19.1 Å². The number of carbonyl (C=O) groups excluding carboxylic acids is 1. The lowest BCUT2D eigenvalue weighted by Crippen LogP contribution is -2.39. The molecule has 0 spiro atoms. The Morgan fingerprint density at radius 2 is 1.62 bits per heavy atom. The quantitative estimate of drug-likeness (QED) is 0.664. The molecule has 0 bridgehead atoms. The minimum atomic E-state index is -3.19. The molecule has 0 saturated carbocycles. The molecule has 0 aromatic heterocycles. The van der Waals surface area contributed by atoms with Crippen LogP contribution < -0.4 is 10.6 Å². The molecular formula is C21H28NO3P. The molecule has 0 amide bonds. The summed E-state index contributed by atoms with van der Waals surface area (Å²) in [7, 11) is -3.19. The van der Waals surface area contributed by atoms with E-state index in [1.165, 1.54) is 0 Å². The molecule has 0 radical (unpaired) electrons. The first-order chi connectivity index (χ1) is 12.4. The van der Waals surface area contributed by atoms with E-state index in [4.69, 9.17) is 4.52 Å². The van der Waals surface area contributed by atoms with Gasteiger partial charge < -0.3 is 9.84 Å². The molecule has 4 nitrogen and oxygen atoms in total. The maximum atomic E-state index is 13.2. The standard InChI is InChI=1S/C21H28NO3P/c1-4-26(24,19-13-9-6-10-14-19)25-21(23)20(15-17(2)3)22-16-18-11-7-5-8-12-18/h5-14,17,20,22H,4,15-16H2,1-3H3/t20-,26?/m1/s1. The average Bonchev–Trinajstić information content (AvgIpc) is 2.66. The molecule has 5 heteroatoms. The van der Waals surface area contributed by atoms with Crippen LogP contribution in [0.25, 0.3) is 0 Å². The van der Waals surface area contributed by atoms with Crippen molar-refractivity contribution >= 4 is 18.6 Å². The number of rotatable bonds is 9. The van der Waals surface area contributed by atoms with Gasteiger partial charge in [-0.3, -0.25) is 9.36 Å². The van der Waals surface area contributed by atoms with Gasteiger partial charge >= 0.3 is 5.97 Å². The van der Waals surface area contributed by atoms with Crippen LogP contribution >= 0.6 is 7.37 Å². The largest absolute Gasteiger partial charge is 0.407 e. The fourth-order valence-corrected chi connectivity index (χ4v) is 4.38. The fourth-order valence-electron chi connectivity index (χ4n) is 2.74. The monoisotopic (exact) mass is 373 g/mol. The maximum Gasteiger partial charge on any atom is 0.328 e. The van der Waals surface area contributed by atoms with Crippen LogP contribution in [0, 0.1) is 5.92 Å². The van der Waals surface area contributed by atoms with Crippen molar-refractivity contribution in [3.05, 3.63) is 66.2 Å². The fraction of sp³-hybridized carbons (Fsp3) is 0.381.